The number of hydrogen-bond donors (Lipinski definition) is 0. The van der Waals surface area contributed by atoms with Crippen LogP contribution in [0.4, 0.5) is 0 Å². The molecule has 2 heteroatoms. The molecule has 3 aromatic carbocycles. The first-order valence-corrected chi connectivity index (χ1v) is 8.13. The van der Waals surface area contributed by atoms with Gasteiger partial charge in [0.1, 0.15) is 12.4 Å². The monoisotopic (exact) mass is 317 g/mol. The third-order valence-electron chi connectivity index (χ3n) is 4.15. The van der Waals surface area contributed by atoms with Crippen LogP contribution < -0.4 is 9.84 Å². The van der Waals surface area contributed by atoms with E-state index in [1.807, 2.05) is 48.5 Å². The number of ether oxygens (including phenoxy) is 1. The van der Waals surface area contributed by atoms with Crippen LogP contribution in [0.2, 0.25) is 0 Å². The molecule has 0 aromatic heterocycles. The summed E-state index contributed by atoms with van der Waals surface area (Å²) in [6.45, 7) is 4.43. The summed E-state index contributed by atoms with van der Waals surface area (Å²) < 4.78 is 5.94. The van der Waals surface area contributed by atoms with Crippen molar-refractivity contribution in [2.45, 2.75) is 27.1 Å². The Hall–Kier alpha value is -2.58. The van der Waals surface area contributed by atoms with E-state index in [1.54, 1.807) is 0 Å². The number of benzene rings is 3. The molecule has 0 fully saturated rings. The van der Waals surface area contributed by atoms with Crippen molar-refractivity contribution in [1.29, 1.82) is 0 Å². The maximum absolute atomic E-state index is 11.5. The second-order valence-corrected chi connectivity index (χ2v) is 6.05. The van der Waals surface area contributed by atoms with Crippen molar-refractivity contribution in [3.8, 4) is 16.9 Å². The standard InChI is InChI=1S/C22H21O2/c1-16-7-6-8-17(2)22(16)20-11-19(14-23)12-21(13-20)24-15-18-9-4-3-5-10-18/h3-13H,14-15H2,1-2H3/q-1. The first kappa shape index (κ1) is 16.3. The summed E-state index contributed by atoms with van der Waals surface area (Å²) in [7, 11) is 0. The molecule has 0 amide bonds. The highest BCUT2D eigenvalue weighted by Crippen LogP contribution is 2.31. The lowest BCUT2D eigenvalue weighted by Gasteiger charge is -2.16. The van der Waals surface area contributed by atoms with E-state index in [9.17, 15) is 5.11 Å². The van der Waals surface area contributed by atoms with Gasteiger partial charge in [-0.05, 0) is 53.8 Å². The Morgan fingerprint density at radius 1 is 0.792 bits per heavy atom. The highest BCUT2D eigenvalue weighted by Gasteiger charge is 2.08. The Morgan fingerprint density at radius 2 is 1.50 bits per heavy atom. The highest BCUT2D eigenvalue weighted by molar-refractivity contribution is 5.72. The van der Waals surface area contributed by atoms with Crippen LogP contribution >= 0.6 is 0 Å². The molecule has 0 spiro atoms. The highest BCUT2D eigenvalue weighted by atomic mass is 16.5. The summed E-state index contributed by atoms with van der Waals surface area (Å²) in [5, 5.41) is 11.5. The lowest BCUT2D eigenvalue weighted by molar-refractivity contribution is -0.386. The van der Waals surface area contributed by atoms with Gasteiger partial charge in [-0.3, -0.25) is 0 Å². The van der Waals surface area contributed by atoms with Crippen LogP contribution in [0.25, 0.3) is 11.1 Å². The molecule has 24 heavy (non-hydrogen) atoms. The molecule has 0 unspecified atom stereocenters. The number of hydrogen-bond acceptors (Lipinski definition) is 2. The normalized spacial score (nSPS) is 10.6. The second-order valence-electron chi connectivity index (χ2n) is 6.05. The summed E-state index contributed by atoms with van der Waals surface area (Å²) in [6.07, 6.45) is 0. The second kappa shape index (κ2) is 7.33. The molecular formula is C22H21O2-. The van der Waals surface area contributed by atoms with Crippen molar-refractivity contribution in [1.82, 2.24) is 0 Å². The summed E-state index contributed by atoms with van der Waals surface area (Å²) >= 11 is 0. The smallest absolute Gasteiger partial charge is 0.120 e. The van der Waals surface area contributed by atoms with Gasteiger partial charge < -0.3 is 9.84 Å². The molecule has 0 heterocycles. The summed E-state index contributed by atoms with van der Waals surface area (Å²) in [5.41, 5.74) is 6.48. The Labute approximate surface area is 143 Å². The fraction of sp³-hybridized carbons (Fsp3) is 0.182. The molecule has 0 saturated heterocycles. The zero-order chi connectivity index (χ0) is 16.9. The van der Waals surface area contributed by atoms with E-state index in [0.29, 0.717) is 6.61 Å². The van der Waals surface area contributed by atoms with Gasteiger partial charge >= 0.3 is 0 Å². The Balaban J connectivity index is 1.94. The molecule has 3 rings (SSSR count). The van der Waals surface area contributed by atoms with Crippen molar-refractivity contribution >= 4 is 0 Å². The lowest BCUT2D eigenvalue weighted by atomic mass is 9.94. The predicted molar refractivity (Wildman–Crippen MR) is 95.8 cm³/mol. The number of aryl methyl sites for hydroxylation is 2. The van der Waals surface area contributed by atoms with Crippen molar-refractivity contribution in [2.75, 3.05) is 0 Å². The van der Waals surface area contributed by atoms with Crippen LogP contribution in [0.15, 0.2) is 66.7 Å². The predicted octanol–water partition coefficient (Wildman–Crippen LogP) is 4.41. The van der Waals surface area contributed by atoms with Gasteiger partial charge in [-0.25, -0.2) is 0 Å². The van der Waals surface area contributed by atoms with Gasteiger partial charge in [-0.1, -0.05) is 60.2 Å². The minimum absolute atomic E-state index is 0.250. The molecule has 0 radical (unpaired) electrons. The van der Waals surface area contributed by atoms with Gasteiger partial charge in [0.25, 0.3) is 0 Å². The van der Waals surface area contributed by atoms with Crippen molar-refractivity contribution in [3.05, 3.63) is 89.0 Å². The van der Waals surface area contributed by atoms with Gasteiger partial charge in [0.2, 0.25) is 0 Å². The van der Waals surface area contributed by atoms with E-state index in [1.165, 1.54) is 16.7 Å². The average Bonchev–Trinajstić information content (AvgIpc) is 2.60. The Kier molecular flexibility index (Phi) is 4.97. The minimum atomic E-state index is -0.250. The summed E-state index contributed by atoms with van der Waals surface area (Å²) in [6, 6.07) is 22.1. The molecule has 0 N–H and O–H groups in total. The van der Waals surface area contributed by atoms with E-state index in [4.69, 9.17) is 4.74 Å². The van der Waals surface area contributed by atoms with E-state index in [0.717, 1.165) is 22.4 Å². The molecule has 2 nitrogen and oxygen atoms in total. The molecule has 0 aliphatic carbocycles. The van der Waals surface area contributed by atoms with E-state index >= 15 is 0 Å². The Morgan fingerprint density at radius 3 is 2.17 bits per heavy atom. The molecule has 0 atom stereocenters. The van der Waals surface area contributed by atoms with Crippen LogP contribution in [0.5, 0.6) is 5.75 Å². The van der Waals surface area contributed by atoms with Gasteiger partial charge in [-0.15, -0.1) is 6.61 Å². The lowest BCUT2D eigenvalue weighted by Crippen LogP contribution is -2.04. The van der Waals surface area contributed by atoms with Crippen LogP contribution in [0, 0.1) is 13.8 Å². The van der Waals surface area contributed by atoms with Crippen molar-refractivity contribution < 1.29 is 9.84 Å². The SMILES string of the molecule is Cc1cccc(C)c1-c1cc(C[O-])cc(OCc2ccccc2)c1. The maximum atomic E-state index is 11.5. The Bertz CT molecular complexity index is 802. The fourth-order valence-corrected chi connectivity index (χ4v) is 2.98. The third kappa shape index (κ3) is 3.66. The molecule has 0 aliphatic rings. The van der Waals surface area contributed by atoms with Gasteiger partial charge in [-0.2, -0.15) is 0 Å². The van der Waals surface area contributed by atoms with Crippen LogP contribution in [0.1, 0.15) is 22.3 Å². The topological polar surface area (TPSA) is 32.3 Å². The van der Waals surface area contributed by atoms with Crippen LogP contribution in [0.3, 0.4) is 0 Å². The van der Waals surface area contributed by atoms with Gasteiger partial charge in [0.05, 0.1) is 0 Å². The van der Waals surface area contributed by atoms with Crippen LogP contribution in [-0.4, -0.2) is 0 Å². The largest absolute Gasteiger partial charge is 0.851 e. The maximum Gasteiger partial charge on any atom is 0.120 e. The number of rotatable bonds is 5. The minimum Gasteiger partial charge on any atom is -0.851 e. The summed E-state index contributed by atoms with van der Waals surface area (Å²) in [5.74, 6) is 0.741. The average molecular weight is 317 g/mol. The van der Waals surface area contributed by atoms with Crippen LogP contribution in [-0.2, 0) is 13.2 Å². The molecule has 3 aromatic rings. The molecular weight excluding hydrogens is 296 g/mol. The van der Waals surface area contributed by atoms with E-state index < -0.39 is 0 Å². The van der Waals surface area contributed by atoms with Gasteiger partial charge in [0, 0.05) is 0 Å². The van der Waals surface area contributed by atoms with Crippen molar-refractivity contribution in [2.24, 2.45) is 0 Å². The summed E-state index contributed by atoms with van der Waals surface area (Å²) in [4.78, 5) is 0. The molecule has 0 aliphatic heterocycles. The van der Waals surface area contributed by atoms with Crippen molar-refractivity contribution in [3.63, 3.8) is 0 Å². The molecule has 0 bridgehead atoms. The first-order valence-electron chi connectivity index (χ1n) is 8.13. The zero-order valence-electron chi connectivity index (χ0n) is 14.1. The third-order valence-corrected chi connectivity index (χ3v) is 4.15. The zero-order valence-corrected chi connectivity index (χ0v) is 14.1. The van der Waals surface area contributed by atoms with Gasteiger partial charge in [0.15, 0.2) is 0 Å². The fourth-order valence-electron chi connectivity index (χ4n) is 2.98. The first-order chi connectivity index (χ1) is 11.7. The molecule has 122 valence electrons. The van der Waals surface area contributed by atoms with E-state index in [2.05, 4.69) is 32.0 Å². The van der Waals surface area contributed by atoms with E-state index in [-0.39, 0.29) is 6.61 Å². The quantitative estimate of drug-likeness (QED) is 0.698. The molecule has 0 saturated carbocycles.